The van der Waals surface area contributed by atoms with Gasteiger partial charge in [0.05, 0.1) is 5.56 Å². The lowest BCUT2D eigenvalue weighted by atomic mass is 10.2. The molecule has 2 N–H and O–H groups in total. The second-order valence-corrected chi connectivity index (χ2v) is 3.80. The standard InChI is InChI=1S/C13H11NO4/c1-8-6-10(3-4-11(8)15)14-13(17)9-2-5-12(16)18-7-9/h2-7,15H,1H3,(H,14,17). The van der Waals surface area contributed by atoms with Gasteiger partial charge in [-0.2, -0.15) is 0 Å². The number of rotatable bonds is 2. The highest BCUT2D eigenvalue weighted by atomic mass is 16.4. The molecule has 0 aliphatic rings. The molecule has 0 fully saturated rings. The van der Waals surface area contributed by atoms with E-state index in [1.54, 1.807) is 19.1 Å². The fourth-order valence-electron chi connectivity index (χ4n) is 1.42. The topological polar surface area (TPSA) is 79.5 Å². The van der Waals surface area contributed by atoms with Crippen molar-refractivity contribution < 1.29 is 14.3 Å². The first-order chi connectivity index (χ1) is 8.56. The summed E-state index contributed by atoms with van der Waals surface area (Å²) in [4.78, 5) is 22.5. The van der Waals surface area contributed by atoms with Crippen LogP contribution >= 0.6 is 0 Å². The molecular formula is C13H11NO4. The lowest BCUT2D eigenvalue weighted by Crippen LogP contribution is -2.12. The van der Waals surface area contributed by atoms with Crippen molar-refractivity contribution in [2.24, 2.45) is 0 Å². The normalized spacial score (nSPS) is 10.1. The third-order valence-electron chi connectivity index (χ3n) is 2.42. The number of nitrogens with one attached hydrogen (secondary N) is 1. The van der Waals surface area contributed by atoms with Crippen molar-refractivity contribution in [3.63, 3.8) is 0 Å². The Balaban J connectivity index is 2.18. The zero-order chi connectivity index (χ0) is 13.1. The molecule has 1 heterocycles. The van der Waals surface area contributed by atoms with Gasteiger partial charge in [0.2, 0.25) is 0 Å². The second kappa shape index (κ2) is 4.75. The minimum atomic E-state index is -0.507. The van der Waals surface area contributed by atoms with Gasteiger partial charge in [-0.1, -0.05) is 0 Å². The van der Waals surface area contributed by atoms with E-state index in [1.165, 1.54) is 18.2 Å². The number of anilines is 1. The molecule has 2 rings (SSSR count). The van der Waals surface area contributed by atoms with Crippen molar-refractivity contribution in [2.45, 2.75) is 6.92 Å². The van der Waals surface area contributed by atoms with Crippen LogP contribution in [0.4, 0.5) is 5.69 Å². The minimum Gasteiger partial charge on any atom is -0.508 e. The first kappa shape index (κ1) is 11.9. The number of phenolic OH excluding ortho intramolecular Hbond substituents is 1. The number of carbonyl (C=O) groups is 1. The summed E-state index contributed by atoms with van der Waals surface area (Å²) in [7, 11) is 0. The summed E-state index contributed by atoms with van der Waals surface area (Å²) in [5.41, 5.74) is 0.959. The van der Waals surface area contributed by atoms with Gasteiger partial charge in [0.15, 0.2) is 0 Å². The predicted octanol–water partition coefficient (Wildman–Crippen LogP) is 1.91. The monoisotopic (exact) mass is 245 g/mol. The molecule has 0 bridgehead atoms. The summed E-state index contributed by atoms with van der Waals surface area (Å²) in [6.45, 7) is 1.73. The largest absolute Gasteiger partial charge is 0.508 e. The number of carbonyl (C=O) groups excluding carboxylic acids is 1. The maximum absolute atomic E-state index is 11.8. The Bertz CT molecular complexity index is 625. The molecule has 2 aromatic rings. The Hall–Kier alpha value is -2.56. The molecule has 0 saturated heterocycles. The average molecular weight is 245 g/mol. The molecule has 0 unspecified atom stereocenters. The molecule has 5 nitrogen and oxygen atoms in total. The highest BCUT2D eigenvalue weighted by molar-refractivity contribution is 6.03. The smallest absolute Gasteiger partial charge is 0.335 e. The van der Waals surface area contributed by atoms with E-state index in [2.05, 4.69) is 9.73 Å². The predicted molar refractivity (Wildman–Crippen MR) is 65.8 cm³/mol. The van der Waals surface area contributed by atoms with Crippen molar-refractivity contribution in [3.05, 3.63) is 58.1 Å². The Kier molecular flexibility index (Phi) is 3.14. The lowest BCUT2D eigenvalue weighted by molar-refractivity contribution is 0.102. The van der Waals surface area contributed by atoms with Crippen molar-refractivity contribution in [3.8, 4) is 5.75 Å². The molecule has 0 aliphatic heterocycles. The zero-order valence-corrected chi connectivity index (χ0v) is 9.64. The molecule has 0 spiro atoms. The number of amides is 1. The van der Waals surface area contributed by atoms with Gasteiger partial charge >= 0.3 is 5.63 Å². The van der Waals surface area contributed by atoms with Gasteiger partial charge in [0, 0.05) is 11.8 Å². The number of aryl methyl sites for hydroxylation is 1. The third kappa shape index (κ3) is 2.57. The Morgan fingerprint density at radius 1 is 1.28 bits per heavy atom. The summed E-state index contributed by atoms with van der Waals surface area (Å²) >= 11 is 0. The summed E-state index contributed by atoms with van der Waals surface area (Å²) in [5, 5.41) is 12.0. The first-order valence-corrected chi connectivity index (χ1v) is 5.26. The summed E-state index contributed by atoms with van der Waals surface area (Å²) in [6.07, 6.45) is 1.10. The van der Waals surface area contributed by atoms with Gasteiger partial charge in [0.25, 0.3) is 5.91 Å². The quantitative estimate of drug-likeness (QED) is 0.792. The molecule has 5 heteroatoms. The van der Waals surface area contributed by atoms with Crippen molar-refractivity contribution in [2.75, 3.05) is 5.32 Å². The summed E-state index contributed by atoms with van der Waals surface area (Å²) < 4.78 is 4.60. The van der Waals surface area contributed by atoms with Crippen LogP contribution in [0.2, 0.25) is 0 Å². The molecule has 0 atom stereocenters. The molecule has 0 radical (unpaired) electrons. The van der Waals surface area contributed by atoms with Gasteiger partial charge in [0.1, 0.15) is 12.0 Å². The maximum atomic E-state index is 11.8. The fraction of sp³-hybridized carbons (Fsp3) is 0.0769. The molecule has 1 aromatic heterocycles. The van der Waals surface area contributed by atoms with Crippen LogP contribution in [0.15, 0.2) is 45.8 Å². The van der Waals surface area contributed by atoms with Crippen LogP contribution in [-0.4, -0.2) is 11.0 Å². The molecule has 1 aromatic carbocycles. The van der Waals surface area contributed by atoms with E-state index in [4.69, 9.17) is 0 Å². The van der Waals surface area contributed by atoms with Gasteiger partial charge < -0.3 is 14.8 Å². The van der Waals surface area contributed by atoms with E-state index < -0.39 is 5.63 Å². The first-order valence-electron chi connectivity index (χ1n) is 5.26. The van der Waals surface area contributed by atoms with Crippen LogP contribution in [0.25, 0.3) is 0 Å². The van der Waals surface area contributed by atoms with Crippen LogP contribution in [0.1, 0.15) is 15.9 Å². The number of aromatic hydroxyl groups is 1. The van der Waals surface area contributed by atoms with E-state index in [-0.39, 0.29) is 17.2 Å². The second-order valence-electron chi connectivity index (χ2n) is 3.80. The molecule has 1 amide bonds. The maximum Gasteiger partial charge on any atom is 0.335 e. The Labute approximate surface area is 103 Å². The zero-order valence-electron chi connectivity index (χ0n) is 9.64. The molecule has 0 aliphatic carbocycles. The van der Waals surface area contributed by atoms with Crippen LogP contribution in [0, 0.1) is 6.92 Å². The Morgan fingerprint density at radius 2 is 2.06 bits per heavy atom. The number of hydrogen-bond donors (Lipinski definition) is 2. The SMILES string of the molecule is Cc1cc(NC(=O)c2ccc(=O)oc2)ccc1O. The van der Waals surface area contributed by atoms with Crippen molar-refractivity contribution in [1.29, 1.82) is 0 Å². The van der Waals surface area contributed by atoms with E-state index in [9.17, 15) is 14.7 Å². The average Bonchev–Trinajstić information content (AvgIpc) is 2.34. The van der Waals surface area contributed by atoms with Crippen LogP contribution in [0.3, 0.4) is 0 Å². The number of benzene rings is 1. The van der Waals surface area contributed by atoms with Crippen LogP contribution in [0.5, 0.6) is 5.75 Å². The van der Waals surface area contributed by atoms with Crippen LogP contribution < -0.4 is 10.9 Å². The fourth-order valence-corrected chi connectivity index (χ4v) is 1.42. The summed E-state index contributed by atoms with van der Waals surface area (Å²) in [5.74, 6) is -0.220. The van der Waals surface area contributed by atoms with Gasteiger partial charge in [-0.05, 0) is 36.8 Å². The van der Waals surface area contributed by atoms with Crippen molar-refractivity contribution in [1.82, 2.24) is 0 Å². The third-order valence-corrected chi connectivity index (χ3v) is 2.42. The highest BCUT2D eigenvalue weighted by Gasteiger charge is 2.07. The van der Waals surface area contributed by atoms with E-state index in [1.807, 2.05) is 0 Å². The number of phenols is 1. The summed E-state index contributed by atoms with van der Waals surface area (Å²) in [6, 6.07) is 7.28. The highest BCUT2D eigenvalue weighted by Crippen LogP contribution is 2.20. The molecule has 0 saturated carbocycles. The molecule has 18 heavy (non-hydrogen) atoms. The Morgan fingerprint density at radius 3 is 2.67 bits per heavy atom. The molecule has 92 valence electrons. The molecular weight excluding hydrogens is 234 g/mol. The van der Waals surface area contributed by atoms with E-state index in [0.717, 1.165) is 6.26 Å². The van der Waals surface area contributed by atoms with Crippen LogP contribution in [-0.2, 0) is 0 Å². The lowest BCUT2D eigenvalue weighted by Gasteiger charge is -2.06. The van der Waals surface area contributed by atoms with Gasteiger partial charge in [-0.3, -0.25) is 4.79 Å². The minimum absolute atomic E-state index is 0.165. The van der Waals surface area contributed by atoms with Gasteiger partial charge in [-0.25, -0.2) is 4.79 Å². The van der Waals surface area contributed by atoms with Crippen molar-refractivity contribution >= 4 is 11.6 Å². The van der Waals surface area contributed by atoms with Gasteiger partial charge in [-0.15, -0.1) is 0 Å². The number of hydrogen-bond acceptors (Lipinski definition) is 4. The van der Waals surface area contributed by atoms with E-state index >= 15 is 0 Å². The van der Waals surface area contributed by atoms with E-state index in [0.29, 0.717) is 11.3 Å².